The van der Waals surface area contributed by atoms with Crippen molar-refractivity contribution in [2.24, 2.45) is 5.73 Å². The average Bonchev–Trinajstić information content (AvgIpc) is 2.92. The molecule has 3 rings (SSSR count). The second kappa shape index (κ2) is 4.85. The van der Waals surface area contributed by atoms with Gasteiger partial charge < -0.3 is 14.9 Å². The number of ether oxygens (including phenoxy) is 1. The highest BCUT2D eigenvalue weighted by Gasteiger charge is 2.40. The van der Waals surface area contributed by atoms with E-state index in [9.17, 15) is 8.42 Å². The van der Waals surface area contributed by atoms with Crippen LogP contribution in [0.25, 0.3) is 0 Å². The van der Waals surface area contributed by atoms with Gasteiger partial charge in [-0.3, -0.25) is 0 Å². The van der Waals surface area contributed by atoms with E-state index in [-0.39, 0.29) is 28.3 Å². The molecule has 1 aromatic heterocycles. The second-order valence-electron chi connectivity index (χ2n) is 4.83. The van der Waals surface area contributed by atoms with Crippen LogP contribution in [-0.4, -0.2) is 38.0 Å². The Balaban J connectivity index is 1.91. The van der Waals surface area contributed by atoms with Crippen molar-refractivity contribution >= 4 is 26.0 Å². The van der Waals surface area contributed by atoms with E-state index < -0.39 is 10.0 Å². The third-order valence-electron chi connectivity index (χ3n) is 3.54. The van der Waals surface area contributed by atoms with Crippen LogP contribution in [0.15, 0.2) is 20.0 Å². The lowest BCUT2D eigenvalue weighted by Gasteiger charge is -2.30. The van der Waals surface area contributed by atoms with E-state index in [0.717, 1.165) is 12.8 Å². The zero-order valence-electron chi connectivity index (χ0n) is 10.2. The fourth-order valence-corrected chi connectivity index (χ4v) is 5.05. The largest absolute Gasteiger partial charge is 0.452 e. The zero-order valence-corrected chi connectivity index (χ0v) is 12.6. The number of furan rings is 1. The van der Waals surface area contributed by atoms with Crippen LogP contribution in [0.4, 0.5) is 0 Å². The predicted molar refractivity (Wildman–Crippen MR) is 71.0 cm³/mol. The summed E-state index contributed by atoms with van der Waals surface area (Å²) in [5.74, 6) is 0.446. The van der Waals surface area contributed by atoms with Crippen LogP contribution in [0, 0.1) is 0 Å². The van der Waals surface area contributed by atoms with Crippen molar-refractivity contribution in [3.05, 3.63) is 16.5 Å². The van der Waals surface area contributed by atoms with E-state index in [1.165, 1.54) is 10.4 Å². The minimum Gasteiger partial charge on any atom is -0.452 e. The molecular weight excluding hydrogens is 336 g/mol. The van der Waals surface area contributed by atoms with Crippen LogP contribution in [-0.2, 0) is 21.3 Å². The molecule has 8 heteroatoms. The highest BCUT2D eigenvalue weighted by Crippen LogP contribution is 2.33. The summed E-state index contributed by atoms with van der Waals surface area (Å²) < 4.78 is 37.8. The number of halogens is 1. The number of sulfonamides is 1. The Morgan fingerprint density at radius 1 is 1.37 bits per heavy atom. The number of morpholine rings is 1. The molecule has 2 fully saturated rings. The first-order chi connectivity index (χ1) is 9.00. The molecule has 2 aliphatic heterocycles. The van der Waals surface area contributed by atoms with Crippen molar-refractivity contribution in [1.29, 1.82) is 0 Å². The Morgan fingerprint density at radius 2 is 2.00 bits per heavy atom. The standard InChI is InChI=1S/C11H15BrN2O4S/c12-11-10(3-9(4-13)18-11)19(15,16)14-5-7-1-2-8(6-14)17-7/h3,7-8H,1-2,4-6,13H2. The highest BCUT2D eigenvalue weighted by molar-refractivity contribution is 9.10. The van der Waals surface area contributed by atoms with Gasteiger partial charge >= 0.3 is 0 Å². The van der Waals surface area contributed by atoms with Crippen molar-refractivity contribution in [1.82, 2.24) is 4.31 Å². The van der Waals surface area contributed by atoms with Crippen molar-refractivity contribution in [3.63, 3.8) is 0 Å². The Bertz CT molecular complexity index is 574. The van der Waals surface area contributed by atoms with Gasteiger partial charge in [0.25, 0.3) is 0 Å². The van der Waals surface area contributed by atoms with Crippen molar-refractivity contribution < 1.29 is 17.6 Å². The van der Waals surface area contributed by atoms with E-state index in [4.69, 9.17) is 14.9 Å². The molecule has 19 heavy (non-hydrogen) atoms. The summed E-state index contributed by atoms with van der Waals surface area (Å²) in [7, 11) is -3.55. The molecule has 0 aliphatic carbocycles. The minimum atomic E-state index is -3.55. The molecule has 2 saturated heterocycles. The fourth-order valence-electron chi connectivity index (χ4n) is 2.59. The molecule has 2 bridgehead atoms. The quantitative estimate of drug-likeness (QED) is 0.880. The summed E-state index contributed by atoms with van der Waals surface area (Å²) in [5, 5.41) is 0. The molecule has 1 aromatic rings. The SMILES string of the molecule is NCc1cc(S(=O)(=O)N2CC3CCC(C2)O3)c(Br)o1. The second-order valence-corrected chi connectivity index (χ2v) is 7.46. The number of hydrogen-bond acceptors (Lipinski definition) is 5. The van der Waals surface area contributed by atoms with Crippen molar-refractivity contribution in [2.45, 2.75) is 36.5 Å². The summed E-state index contributed by atoms with van der Waals surface area (Å²) in [6.45, 7) is 0.991. The maximum Gasteiger partial charge on any atom is 0.247 e. The maximum atomic E-state index is 12.6. The fraction of sp³-hybridized carbons (Fsp3) is 0.636. The van der Waals surface area contributed by atoms with Gasteiger partial charge in [-0.2, -0.15) is 4.31 Å². The van der Waals surface area contributed by atoms with Gasteiger partial charge in [0, 0.05) is 19.2 Å². The number of nitrogens with two attached hydrogens (primary N) is 1. The predicted octanol–water partition coefficient (Wildman–Crippen LogP) is 1.05. The molecule has 2 N–H and O–H groups in total. The molecule has 3 heterocycles. The van der Waals surface area contributed by atoms with Gasteiger partial charge in [-0.1, -0.05) is 0 Å². The van der Waals surface area contributed by atoms with Gasteiger partial charge in [-0.15, -0.1) is 0 Å². The van der Waals surface area contributed by atoms with Crippen LogP contribution in [0.1, 0.15) is 18.6 Å². The van der Waals surface area contributed by atoms with Gasteiger partial charge in [0.2, 0.25) is 10.0 Å². The van der Waals surface area contributed by atoms with E-state index in [1.54, 1.807) is 0 Å². The van der Waals surface area contributed by atoms with Crippen LogP contribution >= 0.6 is 15.9 Å². The van der Waals surface area contributed by atoms with E-state index in [1.807, 2.05) is 0 Å². The summed E-state index contributed by atoms with van der Waals surface area (Å²) in [4.78, 5) is 0.147. The maximum absolute atomic E-state index is 12.6. The summed E-state index contributed by atoms with van der Waals surface area (Å²) in [6, 6.07) is 1.48. The lowest BCUT2D eigenvalue weighted by atomic mass is 10.2. The molecule has 2 aliphatic rings. The van der Waals surface area contributed by atoms with Gasteiger partial charge in [0.15, 0.2) is 4.67 Å². The van der Waals surface area contributed by atoms with E-state index in [0.29, 0.717) is 18.8 Å². The van der Waals surface area contributed by atoms with Gasteiger partial charge in [-0.25, -0.2) is 8.42 Å². The topological polar surface area (TPSA) is 85.8 Å². The monoisotopic (exact) mass is 350 g/mol. The number of nitrogens with zero attached hydrogens (tertiary/aromatic N) is 1. The van der Waals surface area contributed by atoms with Crippen molar-refractivity contribution in [2.75, 3.05) is 13.1 Å². The van der Waals surface area contributed by atoms with E-state index >= 15 is 0 Å². The van der Waals surface area contributed by atoms with Crippen LogP contribution in [0.2, 0.25) is 0 Å². The molecule has 0 amide bonds. The normalized spacial score (nSPS) is 27.9. The Labute approximate surface area is 120 Å². The number of hydrogen-bond donors (Lipinski definition) is 1. The summed E-state index contributed by atoms with van der Waals surface area (Å²) in [6.07, 6.45) is 1.90. The summed E-state index contributed by atoms with van der Waals surface area (Å²) >= 11 is 3.15. The molecule has 0 saturated carbocycles. The molecule has 6 nitrogen and oxygen atoms in total. The highest BCUT2D eigenvalue weighted by atomic mass is 79.9. The number of fused-ring (bicyclic) bond motifs is 2. The van der Waals surface area contributed by atoms with Crippen LogP contribution in [0.5, 0.6) is 0 Å². The molecule has 2 atom stereocenters. The smallest absolute Gasteiger partial charge is 0.247 e. The van der Waals surface area contributed by atoms with Gasteiger partial charge in [-0.05, 0) is 28.8 Å². The third kappa shape index (κ3) is 2.36. The Morgan fingerprint density at radius 3 is 2.53 bits per heavy atom. The average molecular weight is 351 g/mol. The zero-order chi connectivity index (χ0) is 13.6. The number of rotatable bonds is 3. The van der Waals surface area contributed by atoms with Crippen molar-refractivity contribution in [3.8, 4) is 0 Å². The first-order valence-electron chi connectivity index (χ1n) is 6.14. The Kier molecular flexibility index (Phi) is 3.46. The Hall–Kier alpha value is -0.410. The van der Waals surface area contributed by atoms with Crippen LogP contribution in [0.3, 0.4) is 0 Å². The van der Waals surface area contributed by atoms with Gasteiger partial charge in [0.05, 0.1) is 18.8 Å². The van der Waals surface area contributed by atoms with Crippen LogP contribution < -0.4 is 5.73 Å². The minimum absolute atomic E-state index is 0.0215. The van der Waals surface area contributed by atoms with Gasteiger partial charge in [0.1, 0.15) is 10.7 Å². The first-order valence-corrected chi connectivity index (χ1v) is 8.38. The van der Waals surface area contributed by atoms with E-state index in [2.05, 4.69) is 15.9 Å². The lowest BCUT2D eigenvalue weighted by Crippen LogP contribution is -2.45. The molecule has 0 aromatic carbocycles. The molecule has 0 radical (unpaired) electrons. The molecule has 106 valence electrons. The molecule has 2 unspecified atom stereocenters. The lowest BCUT2D eigenvalue weighted by molar-refractivity contribution is -0.0114. The third-order valence-corrected chi connectivity index (χ3v) is 6.22. The first kappa shape index (κ1) is 13.6. The molecule has 0 spiro atoms. The summed E-state index contributed by atoms with van der Waals surface area (Å²) in [5.41, 5.74) is 5.46. The molecular formula is C11H15BrN2O4S.